The smallest absolute Gasteiger partial charge is 0.258 e. The molecular weight excluding hydrogens is 232 g/mol. The molecule has 2 amide bonds. The maximum absolute atomic E-state index is 11.6. The number of amides is 2. The molecule has 2 N–H and O–H groups in total. The van der Waals surface area contributed by atoms with E-state index in [0.29, 0.717) is 18.7 Å². The number of benzene rings is 1. The first kappa shape index (κ1) is 12.4. The van der Waals surface area contributed by atoms with Crippen molar-refractivity contribution in [2.75, 3.05) is 13.2 Å². The van der Waals surface area contributed by atoms with Crippen LogP contribution in [-0.4, -0.2) is 31.0 Å². The van der Waals surface area contributed by atoms with Crippen LogP contribution < -0.4 is 15.4 Å². The predicted molar refractivity (Wildman–Crippen MR) is 66.2 cm³/mol. The van der Waals surface area contributed by atoms with Crippen molar-refractivity contribution in [2.45, 2.75) is 19.4 Å². The summed E-state index contributed by atoms with van der Waals surface area (Å²) < 4.78 is 5.42. The van der Waals surface area contributed by atoms with Crippen LogP contribution in [0.5, 0.6) is 5.75 Å². The number of nitrogens with one attached hydrogen (secondary N) is 2. The molecule has 1 aromatic carbocycles. The van der Waals surface area contributed by atoms with Gasteiger partial charge < -0.3 is 15.4 Å². The summed E-state index contributed by atoms with van der Waals surface area (Å²) in [6.45, 7) is 2.39. The van der Waals surface area contributed by atoms with E-state index in [4.69, 9.17) is 4.74 Å². The van der Waals surface area contributed by atoms with Gasteiger partial charge in [0.05, 0.1) is 6.04 Å². The van der Waals surface area contributed by atoms with Crippen molar-refractivity contribution in [1.82, 2.24) is 10.6 Å². The lowest BCUT2D eigenvalue weighted by atomic mass is 10.2. The number of hydrogen-bond donors (Lipinski definition) is 2. The summed E-state index contributed by atoms with van der Waals surface area (Å²) in [6, 6.07) is 7.40. The molecule has 0 aliphatic carbocycles. The zero-order valence-electron chi connectivity index (χ0n) is 10.2. The molecule has 0 bridgehead atoms. The van der Waals surface area contributed by atoms with Crippen molar-refractivity contribution in [3.8, 4) is 5.75 Å². The lowest BCUT2D eigenvalue weighted by molar-refractivity contribution is -0.123. The molecule has 96 valence electrons. The number of carbonyl (C=O) groups is 2. The highest BCUT2D eigenvalue weighted by Gasteiger charge is 2.22. The van der Waals surface area contributed by atoms with Crippen LogP contribution in [0.15, 0.2) is 24.3 Å². The molecular formula is C13H16N2O3. The number of para-hydroxylation sites is 1. The second-order valence-electron chi connectivity index (χ2n) is 4.33. The molecule has 1 saturated heterocycles. The summed E-state index contributed by atoms with van der Waals surface area (Å²) >= 11 is 0. The molecule has 0 aromatic heterocycles. The van der Waals surface area contributed by atoms with E-state index in [1.807, 2.05) is 31.2 Å². The first-order chi connectivity index (χ1) is 8.65. The summed E-state index contributed by atoms with van der Waals surface area (Å²) in [7, 11) is 0. The third-order valence-electron chi connectivity index (χ3n) is 2.79. The molecule has 0 spiro atoms. The summed E-state index contributed by atoms with van der Waals surface area (Å²) in [5.74, 6) is 0.466. The van der Waals surface area contributed by atoms with Crippen molar-refractivity contribution >= 4 is 11.8 Å². The van der Waals surface area contributed by atoms with Crippen molar-refractivity contribution in [1.29, 1.82) is 0 Å². The lowest BCUT2D eigenvalue weighted by Gasteiger charge is -2.12. The maximum atomic E-state index is 11.6. The molecule has 0 radical (unpaired) electrons. The van der Waals surface area contributed by atoms with Gasteiger partial charge in [-0.1, -0.05) is 18.2 Å². The number of ether oxygens (including phenoxy) is 1. The highest BCUT2D eigenvalue weighted by molar-refractivity contribution is 5.82. The van der Waals surface area contributed by atoms with Crippen LogP contribution in [-0.2, 0) is 9.59 Å². The number of carbonyl (C=O) groups excluding carboxylic acids is 2. The molecule has 1 atom stereocenters. The van der Waals surface area contributed by atoms with Crippen LogP contribution in [0.1, 0.15) is 12.0 Å². The summed E-state index contributed by atoms with van der Waals surface area (Å²) in [5, 5.41) is 5.42. The van der Waals surface area contributed by atoms with E-state index >= 15 is 0 Å². The average molecular weight is 248 g/mol. The summed E-state index contributed by atoms with van der Waals surface area (Å²) in [6.07, 6.45) is 0.343. The van der Waals surface area contributed by atoms with Crippen LogP contribution in [0, 0.1) is 6.92 Å². The molecule has 2 rings (SSSR count). The van der Waals surface area contributed by atoms with Gasteiger partial charge in [0.15, 0.2) is 6.61 Å². The Balaban J connectivity index is 1.78. The van der Waals surface area contributed by atoms with Crippen molar-refractivity contribution in [3.05, 3.63) is 29.8 Å². The zero-order valence-corrected chi connectivity index (χ0v) is 10.2. The van der Waals surface area contributed by atoms with Gasteiger partial charge in [0, 0.05) is 13.0 Å². The molecule has 5 heteroatoms. The Bertz CT molecular complexity index is 459. The fraction of sp³-hybridized carbons (Fsp3) is 0.385. The van der Waals surface area contributed by atoms with E-state index in [9.17, 15) is 9.59 Å². The highest BCUT2D eigenvalue weighted by atomic mass is 16.5. The molecule has 0 unspecified atom stereocenters. The zero-order chi connectivity index (χ0) is 13.0. The van der Waals surface area contributed by atoms with Gasteiger partial charge >= 0.3 is 0 Å². The van der Waals surface area contributed by atoms with E-state index in [2.05, 4.69) is 10.6 Å². The van der Waals surface area contributed by atoms with Crippen LogP contribution in [0.25, 0.3) is 0 Å². The van der Waals surface area contributed by atoms with Crippen LogP contribution in [0.4, 0.5) is 0 Å². The monoisotopic (exact) mass is 248 g/mol. The molecule has 18 heavy (non-hydrogen) atoms. The number of hydrogen-bond acceptors (Lipinski definition) is 3. The second-order valence-corrected chi connectivity index (χ2v) is 4.33. The van der Waals surface area contributed by atoms with Gasteiger partial charge in [-0.15, -0.1) is 0 Å². The SMILES string of the molecule is Cc1ccccc1OCC(=O)N[C@@H]1CNC(=O)C1. The Morgan fingerprint density at radius 2 is 2.28 bits per heavy atom. The molecule has 1 heterocycles. The highest BCUT2D eigenvalue weighted by Crippen LogP contribution is 2.15. The van der Waals surface area contributed by atoms with Gasteiger partial charge in [-0.3, -0.25) is 9.59 Å². The van der Waals surface area contributed by atoms with Gasteiger partial charge in [-0.05, 0) is 18.6 Å². The Labute approximate surface area is 106 Å². The molecule has 1 aliphatic rings. The van der Waals surface area contributed by atoms with Crippen molar-refractivity contribution < 1.29 is 14.3 Å². The van der Waals surface area contributed by atoms with Gasteiger partial charge in [0.2, 0.25) is 5.91 Å². The molecule has 5 nitrogen and oxygen atoms in total. The van der Waals surface area contributed by atoms with Crippen molar-refractivity contribution in [2.24, 2.45) is 0 Å². The van der Waals surface area contributed by atoms with Crippen LogP contribution in [0.2, 0.25) is 0 Å². The normalized spacial score (nSPS) is 18.3. The summed E-state index contributed by atoms with van der Waals surface area (Å²) in [5.41, 5.74) is 0.989. The maximum Gasteiger partial charge on any atom is 0.258 e. The first-order valence-electron chi connectivity index (χ1n) is 5.89. The minimum absolute atomic E-state index is 0.0277. The van der Waals surface area contributed by atoms with Crippen molar-refractivity contribution in [3.63, 3.8) is 0 Å². The van der Waals surface area contributed by atoms with Gasteiger partial charge in [-0.2, -0.15) is 0 Å². The Hall–Kier alpha value is -2.04. The average Bonchev–Trinajstić information content (AvgIpc) is 2.74. The van der Waals surface area contributed by atoms with E-state index < -0.39 is 0 Å². The number of rotatable bonds is 4. The Morgan fingerprint density at radius 3 is 2.94 bits per heavy atom. The van der Waals surface area contributed by atoms with E-state index in [0.717, 1.165) is 5.56 Å². The molecule has 1 aliphatic heterocycles. The van der Waals surface area contributed by atoms with Crippen LogP contribution in [0.3, 0.4) is 0 Å². The Kier molecular flexibility index (Phi) is 3.82. The molecule has 1 fully saturated rings. The lowest BCUT2D eigenvalue weighted by Crippen LogP contribution is -2.39. The minimum Gasteiger partial charge on any atom is -0.484 e. The standard InChI is InChI=1S/C13H16N2O3/c1-9-4-2-3-5-11(9)18-8-13(17)15-10-6-12(16)14-7-10/h2-5,10H,6-8H2,1H3,(H,14,16)(H,15,17)/t10-/m0/s1. The van der Waals surface area contributed by atoms with Crippen LogP contribution >= 0.6 is 0 Å². The minimum atomic E-state index is -0.209. The fourth-order valence-corrected chi connectivity index (χ4v) is 1.84. The van der Waals surface area contributed by atoms with E-state index in [1.54, 1.807) is 0 Å². The Morgan fingerprint density at radius 1 is 1.50 bits per heavy atom. The van der Waals surface area contributed by atoms with E-state index in [1.165, 1.54) is 0 Å². The third kappa shape index (κ3) is 3.23. The quantitative estimate of drug-likeness (QED) is 0.809. The largest absolute Gasteiger partial charge is 0.484 e. The van der Waals surface area contributed by atoms with Gasteiger partial charge in [0.1, 0.15) is 5.75 Å². The predicted octanol–water partition coefficient (Wildman–Crippen LogP) is 0.379. The first-order valence-corrected chi connectivity index (χ1v) is 5.89. The fourth-order valence-electron chi connectivity index (χ4n) is 1.84. The molecule has 0 saturated carbocycles. The van der Waals surface area contributed by atoms with E-state index in [-0.39, 0.29) is 24.5 Å². The topological polar surface area (TPSA) is 67.4 Å². The second kappa shape index (κ2) is 5.53. The third-order valence-corrected chi connectivity index (χ3v) is 2.79. The van der Waals surface area contributed by atoms with Gasteiger partial charge in [-0.25, -0.2) is 0 Å². The summed E-state index contributed by atoms with van der Waals surface area (Å²) in [4.78, 5) is 22.6. The number of aryl methyl sites for hydroxylation is 1. The van der Waals surface area contributed by atoms with Gasteiger partial charge in [0.25, 0.3) is 5.91 Å². The molecule has 1 aromatic rings.